The number of hydrogen-bond donors (Lipinski definition) is 2. The van der Waals surface area contributed by atoms with E-state index in [-0.39, 0.29) is 13.2 Å². The second-order valence-corrected chi connectivity index (χ2v) is 6.73. The molecule has 146 valence electrons. The molecule has 3 rings (SSSR count). The molecular formula is C21H22N2O5. The Balaban J connectivity index is 1.77. The van der Waals surface area contributed by atoms with Crippen molar-refractivity contribution in [1.29, 1.82) is 0 Å². The molecule has 2 aromatic rings. The van der Waals surface area contributed by atoms with Gasteiger partial charge in [0.1, 0.15) is 18.7 Å². The third-order valence-electron chi connectivity index (χ3n) is 4.72. The van der Waals surface area contributed by atoms with E-state index in [1.54, 1.807) is 0 Å². The van der Waals surface area contributed by atoms with Crippen LogP contribution in [-0.2, 0) is 33.9 Å². The molecule has 0 aromatic heterocycles. The fourth-order valence-electron chi connectivity index (χ4n) is 3.12. The molecule has 1 aliphatic rings. The van der Waals surface area contributed by atoms with Gasteiger partial charge in [-0.15, -0.1) is 0 Å². The number of carbonyl (C=O) groups excluding carboxylic acids is 2. The first-order chi connectivity index (χ1) is 13.5. The lowest BCUT2D eigenvalue weighted by Gasteiger charge is -2.35. The van der Waals surface area contributed by atoms with Crippen LogP contribution in [0.5, 0.6) is 0 Å². The van der Waals surface area contributed by atoms with Gasteiger partial charge in [-0.25, -0.2) is 4.79 Å². The number of benzene rings is 2. The average molecular weight is 382 g/mol. The second kappa shape index (κ2) is 8.56. The molecule has 0 saturated carbocycles. The molecule has 2 atom stereocenters. The summed E-state index contributed by atoms with van der Waals surface area (Å²) in [7, 11) is 0. The number of carboxylic acid groups (broad SMARTS) is 1. The van der Waals surface area contributed by atoms with E-state index in [1.165, 1.54) is 11.8 Å². The summed E-state index contributed by atoms with van der Waals surface area (Å²) < 4.78 is 5.41. The minimum atomic E-state index is -1.14. The maximum absolute atomic E-state index is 12.7. The minimum Gasteiger partial charge on any atom is -0.480 e. The second-order valence-electron chi connectivity index (χ2n) is 6.73. The summed E-state index contributed by atoms with van der Waals surface area (Å²) in [6, 6.07) is 14.9. The van der Waals surface area contributed by atoms with Crippen molar-refractivity contribution >= 4 is 18.0 Å². The largest absolute Gasteiger partial charge is 0.480 e. The molecule has 0 fully saturated rings. The van der Waals surface area contributed by atoms with Gasteiger partial charge >= 0.3 is 12.1 Å². The molecule has 0 aliphatic carbocycles. The Morgan fingerprint density at radius 3 is 2.43 bits per heavy atom. The number of nitrogens with zero attached hydrogens (tertiary/aromatic N) is 1. The zero-order valence-electron chi connectivity index (χ0n) is 15.5. The topological polar surface area (TPSA) is 95.9 Å². The molecule has 0 unspecified atom stereocenters. The zero-order chi connectivity index (χ0) is 20.1. The van der Waals surface area contributed by atoms with Crippen LogP contribution in [0.4, 0.5) is 4.79 Å². The highest BCUT2D eigenvalue weighted by molar-refractivity contribution is 5.89. The summed E-state index contributed by atoms with van der Waals surface area (Å²) >= 11 is 0. The molecule has 2 amide bonds. The van der Waals surface area contributed by atoms with Gasteiger partial charge in [0.25, 0.3) is 0 Å². The lowest BCUT2D eigenvalue weighted by molar-refractivity contribution is -0.142. The molecular weight excluding hydrogens is 360 g/mol. The number of fused-ring (bicyclic) bond motifs is 1. The van der Waals surface area contributed by atoms with Crippen molar-refractivity contribution in [1.82, 2.24) is 10.2 Å². The van der Waals surface area contributed by atoms with Crippen LogP contribution in [0.3, 0.4) is 0 Å². The van der Waals surface area contributed by atoms with Gasteiger partial charge in [0.2, 0.25) is 5.91 Å². The van der Waals surface area contributed by atoms with Gasteiger partial charge in [-0.1, -0.05) is 54.6 Å². The highest BCUT2D eigenvalue weighted by Gasteiger charge is 2.36. The predicted molar refractivity (Wildman–Crippen MR) is 101 cm³/mol. The van der Waals surface area contributed by atoms with Gasteiger partial charge in [0.15, 0.2) is 0 Å². The molecule has 0 bridgehead atoms. The van der Waals surface area contributed by atoms with Crippen LogP contribution < -0.4 is 5.32 Å². The van der Waals surface area contributed by atoms with Gasteiger partial charge in [-0.3, -0.25) is 14.5 Å². The average Bonchev–Trinajstić information content (AvgIpc) is 2.71. The summed E-state index contributed by atoms with van der Waals surface area (Å²) in [6.45, 7) is 1.70. The van der Waals surface area contributed by atoms with Crippen molar-refractivity contribution < 1.29 is 24.2 Å². The molecule has 7 nitrogen and oxygen atoms in total. The van der Waals surface area contributed by atoms with Crippen molar-refractivity contribution in [2.24, 2.45) is 0 Å². The van der Waals surface area contributed by atoms with Gasteiger partial charge in [-0.05, 0) is 23.6 Å². The highest BCUT2D eigenvalue weighted by atomic mass is 16.6. The number of rotatable bonds is 5. The van der Waals surface area contributed by atoms with Crippen LogP contribution in [0.25, 0.3) is 0 Å². The van der Waals surface area contributed by atoms with E-state index in [0.29, 0.717) is 6.42 Å². The molecule has 0 spiro atoms. The van der Waals surface area contributed by atoms with Crippen molar-refractivity contribution in [2.75, 3.05) is 0 Å². The Morgan fingerprint density at radius 2 is 1.75 bits per heavy atom. The summed E-state index contributed by atoms with van der Waals surface area (Å²) in [5, 5.41) is 11.5. The Labute approximate surface area is 162 Å². The molecule has 2 aromatic carbocycles. The van der Waals surface area contributed by atoms with E-state index in [2.05, 4.69) is 5.32 Å². The van der Waals surface area contributed by atoms with Crippen LogP contribution in [0.1, 0.15) is 23.6 Å². The Hall–Kier alpha value is -3.35. The van der Waals surface area contributed by atoms with E-state index >= 15 is 0 Å². The first-order valence-corrected chi connectivity index (χ1v) is 9.03. The Morgan fingerprint density at radius 1 is 1.11 bits per heavy atom. The number of ether oxygens (including phenoxy) is 1. The number of carbonyl (C=O) groups is 3. The monoisotopic (exact) mass is 382 g/mol. The SMILES string of the molecule is C[C@H](NC(=O)[C@@H]1Cc2ccccc2CN1C(=O)OCc1ccccc1)C(=O)O. The number of carboxylic acids is 1. The summed E-state index contributed by atoms with van der Waals surface area (Å²) in [5.41, 5.74) is 2.74. The van der Waals surface area contributed by atoms with E-state index in [9.17, 15) is 14.4 Å². The quantitative estimate of drug-likeness (QED) is 0.828. The van der Waals surface area contributed by atoms with Gasteiger partial charge in [0.05, 0.1) is 6.54 Å². The molecule has 28 heavy (non-hydrogen) atoms. The summed E-state index contributed by atoms with van der Waals surface area (Å²) in [6.07, 6.45) is -0.309. The van der Waals surface area contributed by atoms with Crippen LogP contribution >= 0.6 is 0 Å². The normalized spacial score (nSPS) is 16.6. The number of nitrogens with one attached hydrogen (secondary N) is 1. The van der Waals surface area contributed by atoms with Crippen molar-refractivity contribution in [3.05, 3.63) is 71.3 Å². The van der Waals surface area contributed by atoms with E-state index in [0.717, 1.165) is 16.7 Å². The third kappa shape index (κ3) is 4.49. The highest BCUT2D eigenvalue weighted by Crippen LogP contribution is 2.24. The molecule has 7 heteroatoms. The molecule has 0 radical (unpaired) electrons. The zero-order valence-corrected chi connectivity index (χ0v) is 15.5. The maximum Gasteiger partial charge on any atom is 0.411 e. The van der Waals surface area contributed by atoms with Gasteiger partial charge in [0, 0.05) is 6.42 Å². The van der Waals surface area contributed by atoms with Crippen LogP contribution in [0.15, 0.2) is 54.6 Å². The van der Waals surface area contributed by atoms with Crippen molar-refractivity contribution in [3.8, 4) is 0 Å². The molecule has 0 saturated heterocycles. The van der Waals surface area contributed by atoms with Crippen LogP contribution in [0.2, 0.25) is 0 Å². The first-order valence-electron chi connectivity index (χ1n) is 9.03. The van der Waals surface area contributed by atoms with Gasteiger partial charge < -0.3 is 15.2 Å². The third-order valence-corrected chi connectivity index (χ3v) is 4.72. The fourth-order valence-corrected chi connectivity index (χ4v) is 3.12. The summed E-state index contributed by atoms with van der Waals surface area (Å²) in [4.78, 5) is 37.8. The van der Waals surface area contributed by atoms with Crippen molar-refractivity contribution in [3.63, 3.8) is 0 Å². The van der Waals surface area contributed by atoms with Gasteiger partial charge in [-0.2, -0.15) is 0 Å². The standard InChI is InChI=1S/C21H22N2O5/c1-14(20(25)26)22-19(24)18-11-16-9-5-6-10-17(16)12-23(18)21(27)28-13-15-7-3-2-4-8-15/h2-10,14,18H,11-13H2,1H3,(H,22,24)(H,25,26)/t14-,18-/m0/s1. The lowest BCUT2D eigenvalue weighted by Crippen LogP contribution is -2.55. The first kappa shape index (κ1) is 19.4. The van der Waals surface area contributed by atoms with E-state index < -0.39 is 30.1 Å². The molecule has 1 heterocycles. The van der Waals surface area contributed by atoms with Crippen LogP contribution in [0, 0.1) is 0 Å². The Kier molecular flexibility index (Phi) is 5.93. The van der Waals surface area contributed by atoms with Crippen LogP contribution in [-0.4, -0.2) is 40.1 Å². The maximum atomic E-state index is 12.7. The minimum absolute atomic E-state index is 0.0949. The van der Waals surface area contributed by atoms with E-state index in [4.69, 9.17) is 9.84 Å². The smallest absolute Gasteiger partial charge is 0.411 e. The summed E-state index contributed by atoms with van der Waals surface area (Å²) in [5.74, 6) is -1.65. The fraction of sp³-hybridized carbons (Fsp3) is 0.286. The molecule has 2 N–H and O–H groups in total. The lowest BCUT2D eigenvalue weighted by atomic mass is 9.93. The number of hydrogen-bond acceptors (Lipinski definition) is 4. The Bertz CT molecular complexity index is 868. The van der Waals surface area contributed by atoms with Crippen molar-refractivity contribution in [2.45, 2.75) is 38.6 Å². The number of aliphatic carboxylic acids is 1. The number of amides is 2. The van der Waals surface area contributed by atoms with E-state index in [1.807, 2.05) is 54.6 Å². The molecule has 1 aliphatic heterocycles. The predicted octanol–water partition coefficient (Wildman–Crippen LogP) is 2.34.